The van der Waals surface area contributed by atoms with E-state index in [1.807, 2.05) is 24.3 Å². The van der Waals surface area contributed by atoms with Gasteiger partial charge >= 0.3 is 0 Å². The molecule has 2 aromatic carbocycles. The van der Waals surface area contributed by atoms with Crippen molar-refractivity contribution in [3.63, 3.8) is 0 Å². The third-order valence-electron chi connectivity index (χ3n) is 3.49. The van der Waals surface area contributed by atoms with Crippen molar-refractivity contribution in [2.75, 3.05) is 7.11 Å². The zero-order valence-electron chi connectivity index (χ0n) is 12.1. The Balaban J connectivity index is 2.02. The first-order chi connectivity index (χ1) is 9.60. The van der Waals surface area contributed by atoms with Gasteiger partial charge in [0.2, 0.25) is 0 Å². The fourth-order valence-electron chi connectivity index (χ4n) is 2.21. The molecule has 0 aliphatic carbocycles. The van der Waals surface area contributed by atoms with E-state index in [9.17, 15) is 0 Å². The SMILES string of the molecule is COc1ccc([C@H](C)NC(C)c2ccc(Cl)cc2)cc1. The van der Waals surface area contributed by atoms with Gasteiger partial charge in [-0.1, -0.05) is 35.9 Å². The lowest BCUT2D eigenvalue weighted by Crippen LogP contribution is -2.22. The average molecular weight is 290 g/mol. The number of ether oxygens (including phenoxy) is 1. The molecule has 0 spiro atoms. The number of halogens is 1. The van der Waals surface area contributed by atoms with Crippen LogP contribution >= 0.6 is 11.6 Å². The van der Waals surface area contributed by atoms with E-state index in [1.54, 1.807) is 7.11 Å². The second-order valence-electron chi connectivity index (χ2n) is 4.93. The molecular formula is C17H20ClNO. The van der Waals surface area contributed by atoms with Crippen LogP contribution in [-0.4, -0.2) is 7.11 Å². The summed E-state index contributed by atoms with van der Waals surface area (Å²) >= 11 is 5.91. The van der Waals surface area contributed by atoms with Crippen LogP contribution < -0.4 is 10.1 Å². The summed E-state index contributed by atoms with van der Waals surface area (Å²) in [6.45, 7) is 4.32. The van der Waals surface area contributed by atoms with Gasteiger partial charge in [0.25, 0.3) is 0 Å². The van der Waals surface area contributed by atoms with Crippen LogP contribution in [0, 0.1) is 0 Å². The fourth-order valence-corrected chi connectivity index (χ4v) is 2.34. The summed E-state index contributed by atoms with van der Waals surface area (Å²) in [5.74, 6) is 0.881. The van der Waals surface area contributed by atoms with Crippen LogP contribution in [0.25, 0.3) is 0 Å². The minimum Gasteiger partial charge on any atom is -0.497 e. The minimum atomic E-state index is 0.268. The first-order valence-corrected chi connectivity index (χ1v) is 7.13. The molecule has 0 amide bonds. The van der Waals surface area contributed by atoms with Crippen LogP contribution in [0.1, 0.15) is 37.1 Å². The number of benzene rings is 2. The summed E-state index contributed by atoms with van der Waals surface area (Å²) < 4.78 is 5.18. The molecule has 0 heterocycles. The fraction of sp³-hybridized carbons (Fsp3) is 0.294. The number of rotatable bonds is 5. The van der Waals surface area contributed by atoms with Crippen molar-refractivity contribution in [3.05, 3.63) is 64.7 Å². The number of hydrogen-bond acceptors (Lipinski definition) is 2. The van der Waals surface area contributed by atoms with Crippen LogP contribution in [0.2, 0.25) is 5.02 Å². The van der Waals surface area contributed by atoms with Crippen molar-refractivity contribution in [1.29, 1.82) is 0 Å². The Labute approximate surface area is 125 Å². The molecule has 20 heavy (non-hydrogen) atoms. The third kappa shape index (κ3) is 3.75. The molecule has 0 radical (unpaired) electrons. The van der Waals surface area contributed by atoms with Gasteiger partial charge in [0.05, 0.1) is 7.11 Å². The molecule has 0 bridgehead atoms. The van der Waals surface area contributed by atoms with Gasteiger partial charge in [-0.05, 0) is 49.2 Å². The molecule has 106 valence electrons. The Morgan fingerprint density at radius 3 is 1.75 bits per heavy atom. The highest BCUT2D eigenvalue weighted by Gasteiger charge is 2.11. The maximum absolute atomic E-state index is 5.91. The van der Waals surface area contributed by atoms with Gasteiger partial charge in [0, 0.05) is 17.1 Å². The normalized spacial score (nSPS) is 13.8. The van der Waals surface area contributed by atoms with Crippen LogP contribution in [-0.2, 0) is 0 Å². The van der Waals surface area contributed by atoms with E-state index in [4.69, 9.17) is 16.3 Å². The van der Waals surface area contributed by atoms with E-state index in [2.05, 4.69) is 43.4 Å². The van der Waals surface area contributed by atoms with E-state index in [0.29, 0.717) is 0 Å². The van der Waals surface area contributed by atoms with E-state index in [0.717, 1.165) is 10.8 Å². The molecule has 0 aliphatic heterocycles. The molecular weight excluding hydrogens is 270 g/mol. The molecule has 1 unspecified atom stereocenters. The first kappa shape index (κ1) is 14.9. The van der Waals surface area contributed by atoms with Gasteiger partial charge in [-0.2, -0.15) is 0 Å². The van der Waals surface area contributed by atoms with Gasteiger partial charge in [-0.3, -0.25) is 0 Å². The predicted molar refractivity (Wildman–Crippen MR) is 84.4 cm³/mol. The largest absolute Gasteiger partial charge is 0.497 e. The topological polar surface area (TPSA) is 21.3 Å². The van der Waals surface area contributed by atoms with Crippen LogP contribution in [0.15, 0.2) is 48.5 Å². The lowest BCUT2D eigenvalue weighted by Gasteiger charge is -2.21. The van der Waals surface area contributed by atoms with Crippen molar-refractivity contribution in [1.82, 2.24) is 5.32 Å². The second kappa shape index (κ2) is 6.78. The van der Waals surface area contributed by atoms with Gasteiger partial charge in [0.15, 0.2) is 0 Å². The number of methoxy groups -OCH3 is 1. The first-order valence-electron chi connectivity index (χ1n) is 6.75. The zero-order valence-corrected chi connectivity index (χ0v) is 12.8. The van der Waals surface area contributed by atoms with Gasteiger partial charge in [-0.25, -0.2) is 0 Å². The van der Waals surface area contributed by atoms with E-state index < -0.39 is 0 Å². The standard InChI is InChI=1S/C17H20ClNO/c1-12(14-4-8-16(18)9-5-14)19-13(2)15-6-10-17(20-3)11-7-15/h4-13,19H,1-3H3/t12?,13-/m0/s1. The maximum atomic E-state index is 5.91. The lowest BCUT2D eigenvalue weighted by molar-refractivity contribution is 0.414. The molecule has 2 rings (SSSR count). The molecule has 0 aromatic heterocycles. The Morgan fingerprint density at radius 1 is 0.850 bits per heavy atom. The van der Waals surface area contributed by atoms with Crippen molar-refractivity contribution >= 4 is 11.6 Å². The smallest absolute Gasteiger partial charge is 0.118 e. The quantitative estimate of drug-likeness (QED) is 0.857. The maximum Gasteiger partial charge on any atom is 0.118 e. The Kier molecular flexibility index (Phi) is 5.05. The van der Waals surface area contributed by atoms with Crippen LogP contribution in [0.3, 0.4) is 0 Å². The summed E-state index contributed by atoms with van der Waals surface area (Å²) in [7, 11) is 1.68. The summed E-state index contributed by atoms with van der Waals surface area (Å²) in [6.07, 6.45) is 0. The van der Waals surface area contributed by atoms with Gasteiger partial charge in [0.1, 0.15) is 5.75 Å². The summed E-state index contributed by atoms with van der Waals surface area (Å²) in [5.41, 5.74) is 2.47. The van der Waals surface area contributed by atoms with Crippen molar-refractivity contribution < 1.29 is 4.74 Å². The molecule has 0 aliphatic rings. The summed E-state index contributed by atoms with van der Waals surface area (Å²) in [4.78, 5) is 0. The third-order valence-corrected chi connectivity index (χ3v) is 3.74. The molecule has 0 saturated heterocycles. The molecule has 2 nitrogen and oxygen atoms in total. The van der Waals surface area contributed by atoms with E-state index >= 15 is 0 Å². The monoisotopic (exact) mass is 289 g/mol. The Hall–Kier alpha value is -1.51. The molecule has 0 saturated carbocycles. The van der Waals surface area contributed by atoms with Gasteiger partial charge < -0.3 is 10.1 Å². The van der Waals surface area contributed by atoms with E-state index in [-0.39, 0.29) is 12.1 Å². The van der Waals surface area contributed by atoms with Crippen LogP contribution in [0.5, 0.6) is 5.75 Å². The Morgan fingerprint density at radius 2 is 1.30 bits per heavy atom. The predicted octanol–water partition coefficient (Wildman–Crippen LogP) is 4.76. The molecule has 1 N–H and O–H groups in total. The number of hydrogen-bond donors (Lipinski definition) is 1. The highest BCUT2D eigenvalue weighted by atomic mass is 35.5. The zero-order chi connectivity index (χ0) is 14.5. The van der Waals surface area contributed by atoms with Gasteiger partial charge in [-0.15, -0.1) is 0 Å². The summed E-state index contributed by atoms with van der Waals surface area (Å²) in [5, 5.41) is 4.35. The summed E-state index contributed by atoms with van der Waals surface area (Å²) in [6, 6.07) is 16.6. The molecule has 2 aromatic rings. The number of nitrogens with one attached hydrogen (secondary N) is 1. The van der Waals surface area contributed by atoms with Crippen molar-refractivity contribution in [2.24, 2.45) is 0 Å². The van der Waals surface area contributed by atoms with Crippen molar-refractivity contribution in [2.45, 2.75) is 25.9 Å². The molecule has 2 atom stereocenters. The Bertz CT molecular complexity index is 536. The van der Waals surface area contributed by atoms with E-state index in [1.165, 1.54) is 11.1 Å². The van der Waals surface area contributed by atoms with Crippen LogP contribution in [0.4, 0.5) is 0 Å². The average Bonchev–Trinajstić information content (AvgIpc) is 2.48. The minimum absolute atomic E-state index is 0.268. The van der Waals surface area contributed by atoms with Crippen molar-refractivity contribution in [3.8, 4) is 5.75 Å². The highest BCUT2D eigenvalue weighted by Crippen LogP contribution is 2.22. The highest BCUT2D eigenvalue weighted by molar-refractivity contribution is 6.30. The lowest BCUT2D eigenvalue weighted by atomic mass is 10.0. The molecule has 0 fully saturated rings. The molecule has 3 heteroatoms. The second-order valence-corrected chi connectivity index (χ2v) is 5.37.